The summed E-state index contributed by atoms with van der Waals surface area (Å²) in [6, 6.07) is 7.36. The minimum Gasteiger partial charge on any atom is -0.497 e. The van der Waals surface area contributed by atoms with E-state index in [0.717, 1.165) is 11.3 Å². The summed E-state index contributed by atoms with van der Waals surface area (Å²) >= 11 is 0. The van der Waals surface area contributed by atoms with E-state index in [1.165, 1.54) is 0 Å². The molecule has 19 heavy (non-hydrogen) atoms. The SMILES string of the molecule is COc1cccc(-c2noc(CC(C)(O)CN)n2)c1. The number of rotatable bonds is 5. The highest BCUT2D eigenvalue weighted by Crippen LogP contribution is 2.22. The van der Waals surface area contributed by atoms with Crippen LogP contribution >= 0.6 is 0 Å². The van der Waals surface area contributed by atoms with Crippen LogP contribution in [-0.2, 0) is 6.42 Å². The van der Waals surface area contributed by atoms with Crippen LogP contribution in [0.5, 0.6) is 5.75 Å². The van der Waals surface area contributed by atoms with E-state index in [1.54, 1.807) is 14.0 Å². The third-order valence-corrected chi connectivity index (χ3v) is 2.77. The van der Waals surface area contributed by atoms with Crippen LogP contribution in [0.4, 0.5) is 0 Å². The van der Waals surface area contributed by atoms with E-state index in [-0.39, 0.29) is 13.0 Å². The highest BCUT2D eigenvalue weighted by atomic mass is 16.5. The number of ether oxygens (including phenoxy) is 1. The molecule has 2 aromatic rings. The van der Waals surface area contributed by atoms with Crippen molar-refractivity contribution in [3.8, 4) is 17.1 Å². The Labute approximate surface area is 111 Å². The molecule has 1 atom stereocenters. The van der Waals surface area contributed by atoms with Gasteiger partial charge in [0.05, 0.1) is 19.1 Å². The maximum absolute atomic E-state index is 9.87. The summed E-state index contributed by atoms with van der Waals surface area (Å²) in [6.45, 7) is 1.76. The molecule has 102 valence electrons. The topological polar surface area (TPSA) is 94.4 Å². The zero-order chi connectivity index (χ0) is 13.9. The highest BCUT2D eigenvalue weighted by molar-refractivity contribution is 5.56. The fourth-order valence-electron chi connectivity index (χ4n) is 1.60. The Balaban J connectivity index is 2.20. The van der Waals surface area contributed by atoms with Gasteiger partial charge in [0.2, 0.25) is 11.7 Å². The lowest BCUT2D eigenvalue weighted by Gasteiger charge is -2.17. The van der Waals surface area contributed by atoms with Gasteiger partial charge in [0.15, 0.2) is 0 Å². The number of nitrogens with two attached hydrogens (primary N) is 1. The molecule has 0 aliphatic heterocycles. The molecular formula is C13H17N3O3. The highest BCUT2D eigenvalue weighted by Gasteiger charge is 2.22. The summed E-state index contributed by atoms with van der Waals surface area (Å²) in [4.78, 5) is 4.24. The number of benzene rings is 1. The molecule has 6 nitrogen and oxygen atoms in total. The number of hydrogen-bond donors (Lipinski definition) is 2. The first-order valence-corrected chi connectivity index (χ1v) is 5.93. The molecule has 1 heterocycles. The van der Waals surface area contributed by atoms with Crippen LogP contribution in [-0.4, -0.2) is 34.5 Å². The van der Waals surface area contributed by atoms with Crippen molar-refractivity contribution >= 4 is 0 Å². The predicted octanol–water partition coefficient (Wildman–Crippen LogP) is 0.997. The lowest BCUT2D eigenvalue weighted by molar-refractivity contribution is 0.0610. The van der Waals surface area contributed by atoms with Gasteiger partial charge in [-0.25, -0.2) is 0 Å². The summed E-state index contributed by atoms with van der Waals surface area (Å²) in [5.41, 5.74) is 5.20. The third-order valence-electron chi connectivity index (χ3n) is 2.77. The molecule has 0 saturated heterocycles. The van der Waals surface area contributed by atoms with E-state index in [0.29, 0.717) is 11.7 Å². The van der Waals surface area contributed by atoms with Gasteiger partial charge in [0, 0.05) is 12.1 Å². The first-order chi connectivity index (χ1) is 9.04. The minimum absolute atomic E-state index is 0.129. The largest absolute Gasteiger partial charge is 0.497 e. The first kappa shape index (κ1) is 13.5. The van der Waals surface area contributed by atoms with Gasteiger partial charge in [0.25, 0.3) is 0 Å². The van der Waals surface area contributed by atoms with Gasteiger partial charge in [-0.2, -0.15) is 4.98 Å². The molecule has 3 N–H and O–H groups in total. The van der Waals surface area contributed by atoms with Crippen molar-refractivity contribution in [2.24, 2.45) is 5.73 Å². The molecule has 0 radical (unpaired) electrons. The number of nitrogens with zero attached hydrogens (tertiary/aromatic N) is 2. The molecule has 6 heteroatoms. The molecule has 1 aromatic carbocycles. The molecule has 0 fully saturated rings. The average Bonchev–Trinajstić information content (AvgIpc) is 2.86. The van der Waals surface area contributed by atoms with E-state index in [2.05, 4.69) is 10.1 Å². The lowest BCUT2D eigenvalue weighted by Crippen LogP contribution is -2.36. The number of hydrogen-bond acceptors (Lipinski definition) is 6. The summed E-state index contributed by atoms with van der Waals surface area (Å²) in [6.07, 6.45) is 0.223. The minimum atomic E-state index is -1.04. The van der Waals surface area contributed by atoms with Crippen molar-refractivity contribution in [3.05, 3.63) is 30.2 Å². The second-order valence-corrected chi connectivity index (χ2v) is 4.62. The van der Waals surface area contributed by atoms with Gasteiger partial charge in [-0.05, 0) is 19.1 Å². The van der Waals surface area contributed by atoms with Crippen LogP contribution in [0.3, 0.4) is 0 Å². The molecule has 2 rings (SSSR count). The van der Waals surface area contributed by atoms with E-state index >= 15 is 0 Å². The summed E-state index contributed by atoms with van der Waals surface area (Å²) in [5.74, 6) is 1.53. The van der Waals surface area contributed by atoms with E-state index in [1.807, 2.05) is 24.3 Å². The van der Waals surface area contributed by atoms with Crippen LogP contribution in [0, 0.1) is 0 Å². The Bertz CT molecular complexity index is 552. The molecule has 0 amide bonds. The van der Waals surface area contributed by atoms with Crippen LogP contribution in [0.15, 0.2) is 28.8 Å². The van der Waals surface area contributed by atoms with Gasteiger partial charge in [-0.3, -0.25) is 0 Å². The zero-order valence-corrected chi connectivity index (χ0v) is 11.0. The number of aliphatic hydroxyl groups is 1. The number of aromatic nitrogens is 2. The second-order valence-electron chi connectivity index (χ2n) is 4.62. The predicted molar refractivity (Wildman–Crippen MR) is 69.7 cm³/mol. The van der Waals surface area contributed by atoms with Gasteiger partial charge < -0.3 is 20.1 Å². The fraction of sp³-hybridized carbons (Fsp3) is 0.385. The standard InChI is InChI=1S/C13H17N3O3/c1-13(17,8-14)7-11-15-12(16-19-11)9-4-3-5-10(6-9)18-2/h3-6,17H,7-8,14H2,1-2H3. The van der Waals surface area contributed by atoms with Crippen molar-refractivity contribution in [2.75, 3.05) is 13.7 Å². The Morgan fingerprint density at radius 1 is 1.47 bits per heavy atom. The van der Waals surface area contributed by atoms with Crippen LogP contribution in [0.25, 0.3) is 11.4 Å². The fourth-order valence-corrected chi connectivity index (χ4v) is 1.60. The molecule has 0 bridgehead atoms. The van der Waals surface area contributed by atoms with Gasteiger partial charge in [-0.15, -0.1) is 0 Å². The quantitative estimate of drug-likeness (QED) is 0.835. The summed E-state index contributed by atoms with van der Waals surface area (Å²) in [5, 5.41) is 13.8. The molecule has 1 unspecified atom stereocenters. The monoisotopic (exact) mass is 263 g/mol. The maximum atomic E-state index is 9.87. The van der Waals surface area contributed by atoms with E-state index in [9.17, 15) is 5.11 Å². The molecule has 0 aliphatic rings. The Kier molecular flexibility index (Phi) is 3.82. The maximum Gasteiger partial charge on any atom is 0.229 e. The molecule has 0 aliphatic carbocycles. The van der Waals surface area contributed by atoms with Gasteiger partial charge in [0.1, 0.15) is 5.75 Å². The van der Waals surface area contributed by atoms with Crippen LogP contribution in [0.1, 0.15) is 12.8 Å². The summed E-state index contributed by atoms with van der Waals surface area (Å²) in [7, 11) is 1.60. The normalized spacial score (nSPS) is 14.1. The summed E-state index contributed by atoms with van der Waals surface area (Å²) < 4.78 is 10.3. The Morgan fingerprint density at radius 3 is 2.95 bits per heavy atom. The first-order valence-electron chi connectivity index (χ1n) is 5.93. The van der Waals surface area contributed by atoms with Gasteiger partial charge >= 0.3 is 0 Å². The average molecular weight is 263 g/mol. The second kappa shape index (κ2) is 5.38. The van der Waals surface area contributed by atoms with Crippen molar-refractivity contribution in [1.29, 1.82) is 0 Å². The van der Waals surface area contributed by atoms with Crippen LogP contribution in [0.2, 0.25) is 0 Å². The van der Waals surface area contributed by atoms with Crippen LogP contribution < -0.4 is 10.5 Å². The molecule has 0 saturated carbocycles. The number of methoxy groups -OCH3 is 1. The van der Waals surface area contributed by atoms with Crippen molar-refractivity contribution in [3.63, 3.8) is 0 Å². The van der Waals surface area contributed by atoms with Crippen molar-refractivity contribution in [1.82, 2.24) is 10.1 Å². The molecule has 1 aromatic heterocycles. The van der Waals surface area contributed by atoms with Gasteiger partial charge in [-0.1, -0.05) is 17.3 Å². The zero-order valence-electron chi connectivity index (χ0n) is 11.0. The van der Waals surface area contributed by atoms with Crippen molar-refractivity contribution < 1.29 is 14.4 Å². The Hall–Kier alpha value is -1.92. The smallest absolute Gasteiger partial charge is 0.229 e. The van der Waals surface area contributed by atoms with Crippen molar-refractivity contribution in [2.45, 2.75) is 18.9 Å². The van der Waals surface area contributed by atoms with E-state index in [4.69, 9.17) is 15.0 Å². The third kappa shape index (κ3) is 3.30. The van der Waals surface area contributed by atoms with E-state index < -0.39 is 5.60 Å². The molecular weight excluding hydrogens is 246 g/mol. The lowest BCUT2D eigenvalue weighted by atomic mass is 10.0. The Morgan fingerprint density at radius 2 is 2.26 bits per heavy atom. The molecule has 0 spiro atoms.